The fourth-order valence-corrected chi connectivity index (χ4v) is 3.67. The fourth-order valence-electron chi connectivity index (χ4n) is 3.67. The zero-order chi connectivity index (χ0) is 13.9. The highest BCUT2D eigenvalue weighted by Crippen LogP contribution is 2.31. The minimum Gasteiger partial charge on any atom is -0.378 e. The Labute approximate surface area is 118 Å². The van der Waals surface area contributed by atoms with Crippen LogP contribution in [0.2, 0.25) is 0 Å². The Morgan fingerprint density at radius 3 is 2.84 bits per heavy atom. The van der Waals surface area contributed by atoms with Gasteiger partial charge in [0.25, 0.3) is 0 Å². The molecule has 3 atom stereocenters. The molecule has 0 aromatic rings. The first-order valence-electron chi connectivity index (χ1n) is 7.84. The predicted octanol–water partition coefficient (Wildman–Crippen LogP) is 1.30. The van der Waals surface area contributed by atoms with E-state index in [0.29, 0.717) is 12.1 Å². The Bertz CT molecular complexity index is 287. The van der Waals surface area contributed by atoms with Crippen LogP contribution in [0.15, 0.2) is 0 Å². The van der Waals surface area contributed by atoms with Crippen molar-refractivity contribution in [1.82, 2.24) is 9.80 Å². The van der Waals surface area contributed by atoms with Gasteiger partial charge in [0.15, 0.2) is 0 Å². The molecule has 0 saturated carbocycles. The summed E-state index contributed by atoms with van der Waals surface area (Å²) in [6.45, 7) is 6.21. The molecule has 2 fully saturated rings. The van der Waals surface area contributed by atoms with E-state index in [9.17, 15) is 0 Å². The van der Waals surface area contributed by atoms with Crippen molar-refractivity contribution in [3.63, 3.8) is 0 Å². The van der Waals surface area contributed by atoms with Crippen molar-refractivity contribution < 1.29 is 4.74 Å². The van der Waals surface area contributed by atoms with Crippen LogP contribution in [0.25, 0.3) is 0 Å². The molecule has 0 amide bonds. The van der Waals surface area contributed by atoms with Crippen molar-refractivity contribution in [2.24, 2.45) is 5.73 Å². The van der Waals surface area contributed by atoms with Gasteiger partial charge in [0.1, 0.15) is 0 Å². The normalized spacial score (nSPS) is 37.1. The molecule has 0 aromatic heterocycles. The highest BCUT2D eigenvalue weighted by Gasteiger charge is 2.40. The van der Waals surface area contributed by atoms with Crippen LogP contribution in [0.3, 0.4) is 0 Å². The van der Waals surface area contributed by atoms with E-state index in [-0.39, 0.29) is 5.54 Å². The van der Waals surface area contributed by atoms with Gasteiger partial charge in [0.2, 0.25) is 0 Å². The van der Waals surface area contributed by atoms with Crippen LogP contribution in [0.1, 0.15) is 39.0 Å². The smallest absolute Gasteiger partial charge is 0.0590 e. The van der Waals surface area contributed by atoms with E-state index in [2.05, 4.69) is 30.8 Å². The molecule has 0 bridgehead atoms. The molecule has 2 saturated heterocycles. The average molecular weight is 269 g/mol. The van der Waals surface area contributed by atoms with Crippen LogP contribution in [-0.2, 0) is 4.74 Å². The van der Waals surface area contributed by atoms with E-state index in [0.717, 1.165) is 39.0 Å². The molecule has 112 valence electrons. The molecule has 2 aliphatic rings. The summed E-state index contributed by atoms with van der Waals surface area (Å²) in [6, 6.07) is 0.705. The summed E-state index contributed by atoms with van der Waals surface area (Å²) in [5, 5.41) is 0. The average Bonchev–Trinajstić information content (AvgIpc) is 2.84. The number of likely N-dealkylation sites (N-methyl/N-ethyl adjacent to an activating group) is 2. The summed E-state index contributed by atoms with van der Waals surface area (Å²) in [5.41, 5.74) is 6.31. The van der Waals surface area contributed by atoms with Crippen LogP contribution >= 0.6 is 0 Å². The maximum absolute atomic E-state index is 6.15. The highest BCUT2D eigenvalue weighted by molar-refractivity contribution is 4.96. The third-order valence-corrected chi connectivity index (χ3v) is 5.33. The minimum absolute atomic E-state index is 0.155. The van der Waals surface area contributed by atoms with Crippen molar-refractivity contribution >= 4 is 0 Å². The predicted molar refractivity (Wildman–Crippen MR) is 79.3 cm³/mol. The van der Waals surface area contributed by atoms with Crippen LogP contribution in [0.5, 0.6) is 0 Å². The summed E-state index contributed by atoms with van der Waals surface area (Å²) >= 11 is 0. The Morgan fingerprint density at radius 2 is 2.26 bits per heavy atom. The molecule has 2 aliphatic heterocycles. The number of hydrogen-bond donors (Lipinski definition) is 1. The van der Waals surface area contributed by atoms with Crippen molar-refractivity contribution in [3.05, 3.63) is 0 Å². The molecule has 0 aromatic carbocycles. The van der Waals surface area contributed by atoms with Crippen molar-refractivity contribution in [3.8, 4) is 0 Å². The summed E-state index contributed by atoms with van der Waals surface area (Å²) in [7, 11) is 4.51. The lowest BCUT2D eigenvalue weighted by molar-refractivity contribution is -0.0683. The molecule has 0 radical (unpaired) electrons. The monoisotopic (exact) mass is 269 g/mol. The topological polar surface area (TPSA) is 41.7 Å². The molecule has 3 unspecified atom stereocenters. The fraction of sp³-hybridized carbons (Fsp3) is 1.00. The quantitative estimate of drug-likeness (QED) is 0.817. The number of nitrogens with two attached hydrogens (primary N) is 1. The molecule has 2 rings (SSSR count). The van der Waals surface area contributed by atoms with Crippen LogP contribution in [-0.4, -0.2) is 67.8 Å². The summed E-state index contributed by atoms with van der Waals surface area (Å²) < 4.78 is 5.83. The zero-order valence-corrected chi connectivity index (χ0v) is 12.9. The number of rotatable bonds is 5. The van der Waals surface area contributed by atoms with Gasteiger partial charge >= 0.3 is 0 Å². The molecule has 2 heterocycles. The third kappa shape index (κ3) is 3.30. The molecular weight excluding hydrogens is 238 g/mol. The van der Waals surface area contributed by atoms with Gasteiger partial charge < -0.3 is 15.4 Å². The number of likely N-dealkylation sites (tertiary alicyclic amines) is 1. The third-order valence-electron chi connectivity index (χ3n) is 5.33. The molecular formula is C15H31N3O. The Balaban J connectivity index is 1.98. The second-order valence-corrected chi connectivity index (χ2v) is 6.44. The van der Waals surface area contributed by atoms with Gasteiger partial charge in [-0.25, -0.2) is 0 Å². The van der Waals surface area contributed by atoms with Gasteiger partial charge in [0.05, 0.1) is 6.10 Å². The maximum atomic E-state index is 6.15. The lowest BCUT2D eigenvalue weighted by Gasteiger charge is -2.47. The lowest BCUT2D eigenvalue weighted by Crippen LogP contribution is -2.59. The van der Waals surface area contributed by atoms with Gasteiger partial charge in [-0.2, -0.15) is 0 Å². The van der Waals surface area contributed by atoms with Gasteiger partial charge in [-0.1, -0.05) is 6.92 Å². The van der Waals surface area contributed by atoms with E-state index in [1.165, 1.54) is 19.4 Å². The summed E-state index contributed by atoms with van der Waals surface area (Å²) in [6.07, 6.45) is 6.32. The Kier molecular flexibility index (Phi) is 5.23. The van der Waals surface area contributed by atoms with Crippen molar-refractivity contribution in [2.45, 2.75) is 56.7 Å². The molecule has 4 heteroatoms. The first-order valence-corrected chi connectivity index (χ1v) is 7.84. The standard InChI is InChI=1S/C15H31N3O/c1-4-14-10-15(12-16,7-9-19-14)18(3)11-13-6-5-8-17(13)2/h13-14H,4-12,16H2,1-3H3. The second kappa shape index (κ2) is 6.53. The van der Waals surface area contributed by atoms with E-state index in [1.54, 1.807) is 0 Å². The summed E-state index contributed by atoms with van der Waals surface area (Å²) in [4.78, 5) is 5.03. The molecule has 19 heavy (non-hydrogen) atoms. The molecule has 0 spiro atoms. The first kappa shape index (κ1) is 15.2. The van der Waals surface area contributed by atoms with Crippen molar-refractivity contribution in [1.29, 1.82) is 0 Å². The van der Waals surface area contributed by atoms with E-state index < -0.39 is 0 Å². The molecule has 2 N–H and O–H groups in total. The highest BCUT2D eigenvalue weighted by atomic mass is 16.5. The van der Waals surface area contributed by atoms with Crippen LogP contribution in [0.4, 0.5) is 0 Å². The van der Waals surface area contributed by atoms with E-state index in [1.807, 2.05) is 0 Å². The number of nitrogens with zero attached hydrogens (tertiary/aromatic N) is 2. The summed E-state index contributed by atoms with van der Waals surface area (Å²) in [5.74, 6) is 0. The molecule has 0 aliphatic carbocycles. The Hall–Kier alpha value is -0.160. The number of hydrogen-bond acceptors (Lipinski definition) is 4. The van der Waals surface area contributed by atoms with Crippen LogP contribution < -0.4 is 5.73 Å². The zero-order valence-electron chi connectivity index (χ0n) is 12.9. The largest absolute Gasteiger partial charge is 0.378 e. The van der Waals surface area contributed by atoms with Crippen molar-refractivity contribution in [2.75, 3.05) is 40.3 Å². The maximum Gasteiger partial charge on any atom is 0.0590 e. The van der Waals surface area contributed by atoms with E-state index >= 15 is 0 Å². The SMILES string of the molecule is CCC1CC(CN)(N(C)CC2CCCN2C)CCO1. The Morgan fingerprint density at radius 1 is 1.47 bits per heavy atom. The second-order valence-electron chi connectivity index (χ2n) is 6.44. The molecule has 4 nitrogen and oxygen atoms in total. The minimum atomic E-state index is 0.155. The first-order chi connectivity index (χ1) is 9.11. The van der Waals surface area contributed by atoms with E-state index in [4.69, 9.17) is 10.5 Å². The van der Waals surface area contributed by atoms with Crippen LogP contribution in [0, 0.1) is 0 Å². The van der Waals surface area contributed by atoms with Gasteiger partial charge in [-0.3, -0.25) is 4.90 Å². The van der Waals surface area contributed by atoms with Gasteiger partial charge in [-0.15, -0.1) is 0 Å². The number of ether oxygens (including phenoxy) is 1. The van der Waals surface area contributed by atoms with Gasteiger partial charge in [-0.05, 0) is 52.7 Å². The van der Waals surface area contributed by atoms with Gasteiger partial charge in [0, 0.05) is 31.3 Å². The lowest BCUT2D eigenvalue weighted by atomic mass is 9.84.